The molecule has 0 unspecified atom stereocenters. The lowest BCUT2D eigenvalue weighted by Crippen LogP contribution is -2.44. The fourth-order valence-electron chi connectivity index (χ4n) is 3.48. The normalized spacial score (nSPS) is 17.6. The van der Waals surface area contributed by atoms with Crippen LogP contribution >= 0.6 is 0 Å². The molecule has 2 fully saturated rings. The van der Waals surface area contributed by atoms with E-state index in [1.807, 2.05) is 0 Å². The Bertz CT molecular complexity index is 1190. The molecule has 10 nitrogen and oxygen atoms in total. The first kappa shape index (κ1) is 21.5. The highest BCUT2D eigenvalue weighted by Gasteiger charge is 2.47. The molecule has 1 saturated heterocycles. The lowest BCUT2D eigenvalue weighted by Gasteiger charge is -2.32. The predicted octanol–water partition coefficient (Wildman–Crippen LogP) is 3.12. The Morgan fingerprint density at radius 2 is 1.50 bits per heavy atom. The molecule has 0 N–H and O–H groups in total. The van der Waals surface area contributed by atoms with Gasteiger partial charge in [0.25, 0.3) is 11.5 Å². The van der Waals surface area contributed by atoms with Crippen molar-refractivity contribution in [1.82, 2.24) is 0 Å². The van der Waals surface area contributed by atoms with Gasteiger partial charge in [-0.2, -0.15) is 8.42 Å². The molecule has 0 bridgehead atoms. The molecule has 1 aliphatic carbocycles. The summed E-state index contributed by atoms with van der Waals surface area (Å²) in [5, 5.41) is 10.7. The third-order valence-electron chi connectivity index (χ3n) is 5.10. The first-order valence-corrected chi connectivity index (χ1v) is 11.1. The number of carbonyl (C=O) groups is 2. The van der Waals surface area contributed by atoms with Gasteiger partial charge in [-0.15, -0.1) is 0 Å². The van der Waals surface area contributed by atoms with E-state index >= 15 is 0 Å². The van der Waals surface area contributed by atoms with E-state index in [9.17, 15) is 28.1 Å². The fourth-order valence-corrected chi connectivity index (χ4v) is 4.41. The lowest BCUT2D eigenvalue weighted by molar-refractivity contribution is -0.384. The van der Waals surface area contributed by atoms with Crippen LogP contribution in [0.2, 0.25) is 0 Å². The Balaban J connectivity index is 1.48. The average Bonchev–Trinajstić information content (AvgIpc) is 3.19. The van der Waals surface area contributed by atoms with Gasteiger partial charge in [-0.3, -0.25) is 10.1 Å². The second-order valence-corrected chi connectivity index (χ2v) is 8.86. The number of nitro benzene ring substituents is 1. The molecule has 0 aromatic heterocycles. The zero-order valence-electron chi connectivity index (χ0n) is 16.6. The summed E-state index contributed by atoms with van der Waals surface area (Å²) in [5.41, 5.74) is -0.0778. The van der Waals surface area contributed by atoms with Crippen LogP contribution in [-0.4, -0.2) is 31.1 Å². The van der Waals surface area contributed by atoms with Gasteiger partial charge in [-0.1, -0.05) is 12.1 Å². The van der Waals surface area contributed by atoms with Crippen LogP contribution in [-0.2, 0) is 29.2 Å². The number of esters is 2. The van der Waals surface area contributed by atoms with E-state index in [2.05, 4.69) is 0 Å². The van der Waals surface area contributed by atoms with E-state index in [-0.39, 0.29) is 21.9 Å². The maximum Gasteiger partial charge on any atom is 0.348 e. The Morgan fingerprint density at radius 3 is 2.03 bits per heavy atom. The van der Waals surface area contributed by atoms with Crippen molar-refractivity contribution in [2.24, 2.45) is 0 Å². The molecule has 166 valence electrons. The van der Waals surface area contributed by atoms with Gasteiger partial charge < -0.3 is 13.7 Å². The van der Waals surface area contributed by atoms with Crippen LogP contribution in [0.5, 0.6) is 5.75 Å². The lowest BCUT2D eigenvalue weighted by atomic mass is 10.1. The number of non-ortho nitro benzene ring substituents is 1. The van der Waals surface area contributed by atoms with Crippen LogP contribution in [0, 0.1) is 10.1 Å². The van der Waals surface area contributed by atoms with Crippen molar-refractivity contribution in [3.05, 3.63) is 69.8 Å². The van der Waals surface area contributed by atoms with Crippen LogP contribution in [0.25, 0.3) is 6.08 Å². The molecule has 2 aromatic carbocycles. The number of benzene rings is 2. The summed E-state index contributed by atoms with van der Waals surface area (Å²) < 4.78 is 40.5. The van der Waals surface area contributed by atoms with Crippen LogP contribution < -0.4 is 4.18 Å². The standard InChI is InChI=1S/C21H17NO9S/c23-19-18(20(24)30-21(29-19)11-1-2-12-21)13-14-3-7-16(8-4-14)31-32(27,28)17-9-5-15(6-10-17)22(25)26/h3-10,13H,1-2,11-12H2. The molecule has 0 amide bonds. The van der Waals surface area contributed by atoms with E-state index < -0.39 is 32.8 Å². The van der Waals surface area contributed by atoms with Crippen molar-refractivity contribution in [2.45, 2.75) is 36.4 Å². The number of nitro groups is 1. The highest BCUT2D eigenvalue weighted by Crippen LogP contribution is 2.38. The molecule has 0 atom stereocenters. The van der Waals surface area contributed by atoms with Crippen molar-refractivity contribution >= 4 is 33.8 Å². The smallest absolute Gasteiger partial charge is 0.348 e. The third-order valence-corrected chi connectivity index (χ3v) is 6.36. The number of ether oxygens (including phenoxy) is 2. The van der Waals surface area contributed by atoms with E-state index in [1.165, 1.54) is 30.3 Å². The Morgan fingerprint density at radius 1 is 0.938 bits per heavy atom. The van der Waals surface area contributed by atoms with Crippen molar-refractivity contribution in [3.63, 3.8) is 0 Å². The molecule has 11 heteroatoms. The minimum Gasteiger partial charge on any atom is -0.419 e. The van der Waals surface area contributed by atoms with Gasteiger partial charge in [0.1, 0.15) is 16.2 Å². The highest BCUT2D eigenvalue weighted by molar-refractivity contribution is 7.87. The van der Waals surface area contributed by atoms with Gasteiger partial charge in [0.15, 0.2) is 0 Å². The molecule has 1 heterocycles. The molecular formula is C21H17NO9S. The summed E-state index contributed by atoms with van der Waals surface area (Å²) in [6, 6.07) is 9.85. The third kappa shape index (κ3) is 4.33. The zero-order chi connectivity index (χ0) is 22.9. The largest absolute Gasteiger partial charge is 0.419 e. The number of carbonyl (C=O) groups excluding carboxylic acids is 2. The topological polar surface area (TPSA) is 139 Å². The van der Waals surface area contributed by atoms with Crippen LogP contribution in [0.1, 0.15) is 31.2 Å². The predicted molar refractivity (Wildman–Crippen MR) is 109 cm³/mol. The molecule has 1 spiro atoms. The van der Waals surface area contributed by atoms with Gasteiger partial charge >= 0.3 is 22.1 Å². The number of nitrogens with zero attached hydrogens (tertiary/aromatic N) is 1. The molecule has 2 aliphatic rings. The zero-order valence-corrected chi connectivity index (χ0v) is 17.4. The van der Waals surface area contributed by atoms with Gasteiger partial charge in [0, 0.05) is 25.0 Å². The minimum absolute atomic E-state index is 0.0239. The summed E-state index contributed by atoms with van der Waals surface area (Å²) in [7, 11) is -4.21. The van der Waals surface area contributed by atoms with E-state index in [4.69, 9.17) is 13.7 Å². The van der Waals surface area contributed by atoms with Crippen molar-refractivity contribution in [1.29, 1.82) is 0 Å². The summed E-state index contributed by atoms with van der Waals surface area (Å²) in [4.78, 5) is 34.4. The quantitative estimate of drug-likeness (QED) is 0.165. The van der Waals surface area contributed by atoms with E-state index in [0.717, 1.165) is 37.1 Å². The van der Waals surface area contributed by atoms with E-state index in [1.54, 1.807) is 0 Å². The van der Waals surface area contributed by atoms with E-state index in [0.29, 0.717) is 18.4 Å². The van der Waals surface area contributed by atoms with Gasteiger partial charge in [-0.25, -0.2) is 9.59 Å². The summed E-state index contributed by atoms with van der Waals surface area (Å²) in [5.74, 6) is -2.70. The van der Waals surface area contributed by atoms with Crippen molar-refractivity contribution in [3.8, 4) is 5.75 Å². The molecule has 1 aliphatic heterocycles. The summed E-state index contributed by atoms with van der Waals surface area (Å²) in [6.45, 7) is 0. The van der Waals surface area contributed by atoms with Crippen molar-refractivity contribution in [2.75, 3.05) is 0 Å². The van der Waals surface area contributed by atoms with Crippen LogP contribution in [0.3, 0.4) is 0 Å². The van der Waals surface area contributed by atoms with Crippen LogP contribution in [0.4, 0.5) is 5.69 Å². The van der Waals surface area contributed by atoms with Gasteiger partial charge in [-0.05, 0) is 48.7 Å². The first-order chi connectivity index (χ1) is 15.2. The highest BCUT2D eigenvalue weighted by atomic mass is 32.2. The van der Waals surface area contributed by atoms with Gasteiger partial charge in [0.2, 0.25) is 0 Å². The minimum atomic E-state index is -4.21. The van der Waals surface area contributed by atoms with Gasteiger partial charge in [0.05, 0.1) is 4.92 Å². The average molecular weight is 459 g/mol. The Hall–Kier alpha value is -3.73. The number of hydrogen-bond donors (Lipinski definition) is 0. The first-order valence-electron chi connectivity index (χ1n) is 9.65. The fraction of sp³-hybridized carbons (Fsp3) is 0.238. The monoisotopic (exact) mass is 459 g/mol. The number of hydrogen-bond acceptors (Lipinski definition) is 9. The molecule has 4 rings (SSSR count). The SMILES string of the molecule is O=C1OC2(CCCC2)OC(=O)C1=Cc1ccc(OS(=O)(=O)c2ccc([N+](=O)[O-])cc2)cc1. The summed E-state index contributed by atoms with van der Waals surface area (Å²) in [6.07, 6.45) is 3.87. The summed E-state index contributed by atoms with van der Waals surface area (Å²) >= 11 is 0. The maximum absolute atomic E-state index is 12.4. The second kappa shape index (κ2) is 8.08. The number of rotatable bonds is 5. The molecule has 32 heavy (non-hydrogen) atoms. The molecule has 0 radical (unpaired) electrons. The molecule has 1 saturated carbocycles. The Labute approximate surface area is 182 Å². The molecular weight excluding hydrogens is 442 g/mol. The maximum atomic E-state index is 12.4. The molecule has 2 aromatic rings. The van der Waals surface area contributed by atoms with Crippen LogP contribution in [0.15, 0.2) is 59.0 Å². The Kier molecular flexibility index (Phi) is 5.43. The second-order valence-electron chi connectivity index (χ2n) is 7.31. The van der Waals surface area contributed by atoms with Crippen molar-refractivity contribution < 1.29 is 36.6 Å².